The number of benzene rings is 1. The van der Waals surface area contributed by atoms with E-state index in [4.69, 9.17) is 4.74 Å². The summed E-state index contributed by atoms with van der Waals surface area (Å²) in [5.41, 5.74) is 1.42. The van der Waals surface area contributed by atoms with Crippen LogP contribution in [0, 0.1) is 19.8 Å². The van der Waals surface area contributed by atoms with Crippen LogP contribution in [0.1, 0.15) is 24.0 Å². The van der Waals surface area contributed by atoms with Gasteiger partial charge in [-0.05, 0) is 69.0 Å². The van der Waals surface area contributed by atoms with Crippen molar-refractivity contribution in [3.05, 3.63) is 23.3 Å². The Kier molecular flexibility index (Phi) is 5.24. The molecule has 0 spiro atoms. The molecule has 0 saturated carbocycles. The van der Waals surface area contributed by atoms with Crippen LogP contribution in [0.15, 0.2) is 17.0 Å². The lowest BCUT2D eigenvalue weighted by atomic mass is 10.0. The maximum atomic E-state index is 12.5. The standard InChI is InChI=1S/C15H24N2O3S/c1-11-7-14(20-3)8-12(2)15(11)21(18,19)17-10-13-5-4-6-16-9-13/h7-8,13,16-17H,4-6,9-10H2,1-3H3. The zero-order chi connectivity index (χ0) is 15.5. The second kappa shape index (κ2) is 6.77. The molecule has 1 heterocycles. The minimum absolute atomic E-state index is 0.368. The minimum Gasteiger partial charge on any atom is -0.497 e. The fraction of sp³-hybridized carbons (Fsp3) is 0.600. The third-order valence-electron chi connectivity index (χ3n) is 3.90. The lowest BCUT2D eigenvalue weighted by Crippen LogP contribution is -2.38. The molecule has 1 unspecified atom stereocenters. The molecule has 2 N–H and O–H groups in total. The molecule has 1 aliphatic heterocycles. The van der Waals surface area contributed by atoms with E-state index in [9.17, 15) is 8.42 Å². The van der Waals surface area contributed by atoms with Crippen molar-refractivity contribution in [2.45, 2.75) is 31.6 Å². The zero-order valence-corrected chi connectivity index (χ0v) is 13.7. The first-order valence-electron chi connectivity index (χ1n) is 7.29. The number of ether oxygens (including phenoxy) is 1. The van der Waals surface area contributed by atoms with Gasteiger partial charge in [-0.3, -0.25) is 0 Å². The average molecular weight is 312 g/mol. The second-order valence-electron chi connectivity index (χ2n) is 5.65. The van der Waals surface area contributed by atoms with Crippen molar-refractivity contribution in [2.24, 2.45) is 5.92 Å². The lowest BCUT2D eigenvalue weighted by molar-refractivity contribution is 0.376. The van der Waals surface area contributed by atoms with Gasteiger partial charge in [-0.2, -0.15) is 0 Å². The summed E-state index contributed by atoms with van der Waals surface area (Å²) in [6, 6.07) is 3.51. The van der Waals surface area contributed by atoms with Crippen LogP contribution in [0.5, 0.6) is 5.75 Å². The summed E-state index contributed by atoms with van der Waals surface area (Å²) in [5, 5.41) is 3.30. The van der Waals surface area contributed by atoms with Gasteiger partial charge in [-0.15, -0.1) is 0 Å². The van der Waals surface area contributed by atoms with Crippen molar-refractivity contribution in [1.29, 1.82) is 0 Å². The SMILES string of the molecule is COc1cc(C)c(S(=O)(=O)NCC2CCCNC2)c(C)c1. The molecule has 21 heavy (non-hydrogen) atoms. The van der Waals surface area contributed by atoms with Gasteiger partial charge in [0.1, 0.15) is 5.75 Å². The largest absolute Gasteiger partial charge is 0.497 e. The molecule has 1 saturated heterocycles. The molecule has 0 bridgehead atoms. The molecular weight excluding hydrogens is 288 g/mol. The summed E-state index contributed by atoms with van der Waals surface area (Å²) in [4.78, 5) is 0.368. The van der Waals surface area contributed by atoms with Gasteiger partial charge in [-0.1, -0.05) is 0 Å². The molecule has 0 aliphatic carbocycles. The van der Waals surface area contributed by atoms with E-state index in [1.54, 1.807) is 33.1 Å². The first kappa shape index (κ1) is 16.3. The summed E-state index contributed by atoms with van der Waals surface area (Å²) >= 11 is 0. The topological polar surface area (TPSA) is 67.4 Å². The number of methoxy groups -OCH3 is 1. The van der Waals surface area contributed by atoms with Crippen molar-refractivity contribution >= 4 is 10.0 Å². The fourth-order valence-corrected chi connectivity index (χ4v) is 4.42. The Labute approximate surface area is 127 Å². The zero-order valence-electron chi connectivity index (χ0n) is 12.9. The number of hydrogen-bond donors (Lipinski definition) is 2. The highest BCUT2D eigenvalue weighted by Crippen LogP contribution is 2.25. The minimum atomic E-state index is -3.48. The third-order valence-corrected chi connectivity index (χ3v) is 5.63. The van der Waals surface area contributed by atoms with E-state index in [0.29, 0.717) is 34.2 Å². The molecule has 1 aliphatic rings. The van der Waals surface area contributed by atoms with Gasteiger partial charge in [0.25, 0.3) is 0 Å². The number of piperidine rings is 1. The van der Waals surface area contributed by atoms with Crippen molar-refractivity contribution < 1.29 is 13.2 Å². The van der Waals surface area contributed by atoms with Crippen molar-refractivity contribution in [3.8, 4) is 5.75 Å². The van der Waals surface area contributed by atoms with E-state index in [2.05, 4.69) is 10.0 Å². The maximum absolute atomic E-state index is 12.5. The Morgan fingerprint density at radius 1 is 1.33 bits per heavy atom. The highest BCUT2D eigenvalue weighted by molar-refractivity contribution is 7.89. The van der Waals surface area contributed by atoms with E-state index >= 15 is 0 Å². The van der Waals surface area contributed by atoms with Crippen LogP contribution in [0.3, 0.4) is 0 Å². The molecule has 5 nitrogen and oxygen atoms in total. The molecule has 6 heteroatoms. The molecule has 0 radical (unpaired) electrons. The van der Waals surface area contributed by atoms with Gasteiger partial charge < -0.3 is 10.1 Å². The predicted molar refractivity (Wildman–Crippen MR) is 83.3 cm³/mol. The molecule has 1 aromatic rings. The van der Waals surface area contributed by atoms with Crippen LogP contribution in [0.4, 0.5) is 0 Å². The molecule has 1 atom stereocenters. The fourth-order valence-electron chi connectivity index (χ4n) is 2.85. The number of hydrogen-bond acceptors (Lipinski definition) is 4. The number of nitrogens with one attached hydrogen (secondary N) is 2. The van der Waals surface area contributed by atoms with Crippen molar-refractivity contribution in [3.63, 3.8) is 0 Å². The summed E-state index contributed by atoms with van der Waals surface area (Å²) in [5.74, 6) is 1.05. The Balaban J connectivity index is 2.15. The monoisotopic (exact) mass is 312 g/mol. The highest BCUT2D eigenvalue weighted by Gasteiger charge is 2.22. The van der Waals surface area contributed by atoms with Gasteiger partial charge >= 0.3 is 0 Å². The van der Waals surface area contributed by atoms with Gasteiger partial charge in [0, 0.05) is 6.54 Å². The van der Waals surface area contributed by atoms with E-state index < -0.39 is 10.0 Å². The van der Waals surface area contributed by atoms with Gasteiger partial charge in [0.2, 0.25) is 10.0 Å². The predicted octanol–water partition coefficient (Wildman–Crippen LogP) is 1.59. The van der Waals surface area contributed by atoms with E-state index in [0.717, 1.165) is 25.9 Å². The average Bonchev–Trinajstić information content (AvgIpc) is 2.45. The second-order valence-corrected chi connectivity index (χ2v) is 7.36. The van der Waals surface area contributed by atoms with Gasteiger partial charge in [-0.25, -0.2) is 13.1 Å². The Bertz CT molecular complexity index is 570. The maximum Gasteiger partial charge on any atom is 0.241 e. The number of sulfonamides is 1. The smallest absolute Gasteiger partial charge is 0.241 e. The Hall–Kier alpha value is -1.11. The Morgan fingerprint density at radius 2 is 2.00 bits per heavy atom. The molecule has 1 fully saturated rings. The lowest BCUT2D eigenvalue weighted by Gasteiger charge is -2.23. The summed E-state index contributed by atoms with van der Waals surface area (Å²) in [6.45, 7) is 5.99. The number of aryl methyl sites for hydroxylation is 2. The van der Waals surface area contributed by atoms with Gasteiger partial charge in [0.05, 0.1) is 12.0 Å². The van der Waals surface area contributed by atoms with E-state index in [-0.39, 0.29) is 0 Å². The quantitative estimate of drug-likeness (QED) is 0.866. The van der Waals surface area contributed by atoms with Crippen LogP contribution >= 0.6 is 0 Å². The highest BCUT2D eigenvalue weighted by atomic mass is 32.2. The van der Waals surface area contributed by atoms with Crippen LogP contribution in [-0.2, 0) is 10.0 Å². The van der Waals surface area contributed by atoms with Crippen LogP contribution < -0.4 is 14.8 Å². The summed E-state index contributed by atoms with van der Waals surface area (Å²) in [6.07, 6.45) is 2.17. The van der Waals surface area contributed by atoms with Crippen molar-refractivity contribution in [2.75, 3.05) is 26.7 Å². The Morgan fingerprint density at radius 3 is 2.52 bits per heavy atom. The summed E-state index contributed by atoms with van der Waals surface area (Å²) < 4.78 is 33.0. The van der Waals surface area contributed by atoms with Crippen molar-refractivity contribution in [1.82, 2.24) is 10.0 Å². The molecule has 118 valence electrons. The molecular formula is C15H24N2O3S. The normalized spacial score (nSPS) is 19.5. The third kappa shape index (κ3) is 3.96. The molecule has 0 aromatic heterocycles. The van der Waals surface area contributed by atoms with Gasteiger partial charge in [0.15, 0.2) is 0 Å². The number of rotatable bonds is 5. The van der Waals surface area contributed by atoms with E-state index in [1.807, 2.05) is 0 Å². The van der Waals surface area contributed by atoms with Crippen LogP contribution in [0.25, 0.3) is 0 Å². The van der Waals surface area contributed by atoms with Crippen LogP contribution in [-0.4, -0.2) is 35.2 Å². The summed E-state index contributed by atoms with van der Waals surface area (Å²) in [7, 11) is -1.90. The molecule has 1 aromatic carbocycles. The van der Waals surface area contributed by atoms with Crippen LogP contribution in [0.2, 0.25) is 0 Å². The first-order valence-corrected chi connectivity index (χ1v) is 8.78. The first-order chi connectivity index (χ1) is 9.94. The molecule has 0 amide bonds. The van der Waals surface area contributed by atoms with E-state index in [1.165, 1.54) is 0 Å². The molecule has 2 rings (SSSR count).